The van der Waals surface area contributed by atoms with Crippen LogP contribution in [-0.4, -0.2) is 75.6 Å². The fourth-order valence-corrected chi connectivity index (χ4v) is 4.37. The Morgan fingerprint density at radius 2 is 1.92 bits per heavy atom. The first kappa shape index (κ1) is 22.9. The van der Waals surface area contributed by atoms with Crippen LogP contribution in [0.4, 0.5) is 11.6 Å². The molecule has 3 aromatic heterocycles. The zero-order valence-electron chi connectivity index (χ0n) is 19.8. The van der Waals surface area contributed by atoms with Crippen LogP contribution in [0, 0.1) is 0 Å². The normalized spacial score (nSPS) is 17.9. The van der Waals surface area contributed by atoms with E-state index in [2.05, 4.69) is 25.3 Å². The quantitative estimate of drug-likeness (QED) is 0.360. The van der Waals surface area contributed by atoms with Crippen molar-refractivity contribution in [2.75, 3.05) is 44.8 Å². The zero-order chi connectivity index (χ0) is 24.3. The van der Waals surface area contributed by atoms with Gasteiger partial charge in [-0.25, -0.2) is 9.97 Å². The molecule has 10 nitrogen and oxygen atoms in total. The summed E-state index contributed by atoms with van der Waals surface area (Å²) >= 11 is 0. The number of anilines is 2. The average Bonchev–Trinajstić information content (AvgIpc) is 3.11. The molecule has 1 atom stereocenters. The fourth-order valence-electron chi connectivity index (χ4n) is 4.37. The van der Waals surface area contributed by atoms with Crippen molar-refractivity contribution in [3.05, 3.63) is 60.6 Å². The van der Waals surface area contributed by atoms with Crippen LogP contribution >= 0.6 is 0 Å². The first-order chi connectivity index (χ1) is 17.7. The molecule has 2 fully saturated rings. The molecular weight excluding hydrogens is 460 g/mol. The van der Waals surface area contributed by atoms with Gasteiger partial charge in [-0.15, -0.1) is 0 Å². The van der Waals surface area contributed by atoms with Crippen molar-refractivity contribution < 1.29 is 19.3 Å². The highest BCUT2D eigenvalue weighted by Gasteiger charge is 2.21. The van der Waals surface area contributed by atoms with Crippen LogP contribution < -0.4 is 10.1 Å². The van der Waals surface area contributed by atoms with Crippen molar-refractivity contribution in [2.24, 2.45) is 0 Å². The lowest BCUT2D eigenvalue weighted by atomic mass is 10.2. The van der Waals surface area contributed by atoms with E-state index in [-0.39, 0.29) is 6.10 Å². The van der Waals surface area contributed by atoms with Crippen LogP contribution in [0.1, 0.15) is 18.3 Å². The Hall–Kier alpha value is -3.57. The number of pyridine rings is 1. The number of aromatic nitrogens is 4. The van der Waals surface area contributed by atoms with Gasteiger partial charge in [0.1, 0.15) is 18.1 Å². The molecule has 3 N–H and O–H groups in total. The summed E-state index contributed by atoms with van der Waals surface area (Å²) in [5.41, 5.74) is 3.96. The number of benzene rings is 1. The number of hydrogen-bond acceptors (Lipinski definition) is 9. The van der Waals surface area contributed by atoms with Gasteiger partial charge in [0.05, 0.1) is 36.9 Å². The first-order valence-electron chi connectivity index (χ1n) is 12.1. The molecule has 186 valence electrons. The van der Waals surface area contributed by atoms with Crippen LogP contribution in [-0.2, 0) is 9.47 Å². The smallest absolute Gasteiger partial charge is 0.227 e. The number of aliphatic hydroxyl groups excluding tert-OH is 1. The molecule has 6 rings (SSSR count). The molecule has 36 heavy (non-hydrogen) atoms. The highest BCUT2D eigenvalue weighted by atomic mass is 16.6. The highest BCUT2D eigenvalue weighted by Crippen LogP contribution is 2.27. The summed E-state index contributed by atoms with van der Waals surface area (Å²) in [6, 6.07) is 13.5. The van der Waals surface area contributed by atoms with E-state index in [9.17, 15) is 5.11 Å². The molecule has 0 saturated carbocycles. The van der Waals surface area contributed by atoms with Crippen molar-refractivity contribution >= 4 is 22.5 Å². The average molecular weight is 489 g/mol. The predicted molar refractivity (Wildman–Crippen MR) is 134 cm³/mol. The van der Waals surface area contributed by atoms with Gasteiger partial charge in [0, 0.05) is 54.7 Å². The Labute approximate surface area is 208 Å². The van der Waals surface area contributed by atoms with Crippen molar-refractivity contribution in [1.82, 2.24) is 24.8 Å². The molecule has 2 saturated heterocycles. The van der Waals surface area contributed by atoms with E-state index < -0.39 is 6.23 Å². The lowest BCUT2D eigenvalue weighted by molar-refractivity contribution is -0.0796. The van der Waals surface area contributed by atoms with Gasteiger partial charge in [-0.1, -0.05) is 0 Å². The molecule has 1 aromatic carbocycles. The third kappa shape index (κ3) is 5.02. The van der Waals surface area contributed by atoms with Gasteiger partial charge in [0.2, 0.25) is 5.95 Å². The molecular formula is C26H28N6O4. The molecule has 0 amide bonds. The summed E-state index contributed by atoms with van der Waals surface area (Å²) in [5.74, 6) is 1.21. The lowest BCUT2D eigenvalue weighted by Crippen LogP contribution is -2.38. The zero-order valence-corrected chi connectivity index (χ0v) is 19.8. The van der Waals surface area contributed by atoms with Crippen molar-refractivity contribution in [1.29, 1.82) is 0 Å². The van der Waals surface area contributed by atoms with Crippen molar-refractivity contribution in [3.63, 3.8) is 0 Å². The Morgan fingerprint density at radius 1 is 1.00 bits per heavy atom. The molecule has 5 heterocycles. The summed E-state index contributed by atoms with van der Waals surface area (Å²) in [5, 5.41) is 15.2. The maximum atomic E-state index is 10.9. The Balaban J connectivity index is 1.18. The van der Waals surface area contributed by atoms with Crippen LogP contribution in [0.2, 0.25) is 0 Å². The summed E-state index contributed by atoms with van der Waals surface area (Å²) in [6.45, 7) is 4.09. The van der Waals surface area contributed by atoms with Gasteiger partial charge in [-0.3, -0.25) is 9.88 Å². The number of fused-ring (bicyclic) bond motifs is 1. The topological polar surface area (TPSA) is 118 Å². The summed E-state index contributed by atoms with van der Waals surface area (Å²) in [7, 11) is 0. The summed E-state index contributed by atoms with van der Waals surface area (Å²) < 4.78 is 16.6. The van der Waals surface area contributed by atoms with Gasteiger partial charge >= 0.3 is 0 Å². The van der Waals surface area contributed by atoms with Crippen LogP contribution in [0.3, 0.4) is 0 Å². The molecule has 0 aliphatic carbocycles. The van der Waals surface area contributed by atoms with Gasteiger partial charge < -0.3 is 29.6 Å². The molecule has 2 aliphatic rings. The number of nitrogens with one attached hydrogen (secondary N) is 2. The van der Waals surface area contributed by atoms with E-state index in [1.807, 2.05) is 47.4 Å². The van der Waals surface area contributed by atoms with E-state index in [0.717, 1.165) is 47.6 Å². The number of nitrogens with zero attached hydrogens (tertiary/aromatic N) is 4. The molecule has 0 spiro atoms. The minimum atomic E-state index is -0.695. The second-order valence-corrected chi connectivity index (χ2v) is 8.95. The second kappa shape index (κ2) is 10.2. The molecule has 10 heteroatoms. The Morgan fingerprint density at radius 3 is 2.81 bits per heavy atom. The van der Waals surface area contributed by atoms with E-state index >= 15 is 0 Å². The summed E-state index contributed by atoms with van der Waals surface area (Å²) in [6.07, 6.45) is 3.72. The van der Waals surface area contributed by atoms with Crippen molar-refractivity contribution in [2.45, 2.75) is 18.8 Å². The lowest BCUT2D eigenvalue weighted by Gasteiger charge is -2.26. The van der Waals surface area contributed by atoms with E-state index in [0.29, 0.717) is 43.7 Å². The third-order valence-corrected chi connectivity index (χ3v) is 6.34. The van der Waals surface area contributed by atoms with Gasteiger partial charge in [0.25, 0.3) is 0 Å². The SMILES string of the molecule is OC(c1cc2cc(Nc3nccc(-c4cc(OC5COC5)ccn4)n3)ccc2[nH]1)N1CCCOCC1. The fraction of sp³-hybridized carbons (Fsp3) is 0.346. The van der Waals surface area contributed by atoms with Crippen molar-refractivity contribution in [3.8, 4) is 17.1 Å². The minimum Gasteiger partial charge on any atom is -0.485 e. The molecule has 0 bridgehead atoms. The number of ether oxygens (including phenoxy) is 3. The largest absolute Gasteiger partial charge is 0.485 e. The number of aromatic amines is 1. The first-order valence-corrected chi connectivity index (χ1v) is 12.1. The Bertz CT molecular complexity index is 1330. The van der Waals surface area contributed by atoms with Crippen LogP contribution in [0.5, 0.6) is 5.75 Å². The van der Waals surface area contributed by atoms with Crippen LogP contribution in [0.15, 0.2) is 54.9 Å². The highest BCUT2D eigenvalue weighted by molar-refractivity contribution is 5.84. The number of H-pyrrole nitrogens is 1. The summed E-state index contributed by atoms with van der Waals surface area (Å²) in [4.78, 5) is 18.8. The minimum absolute atomic E-state index is 0.0891. The maximum absolute atomic E-state index is 10.9. The number of aliphatic hydroxyl groups is 1. The second-order valence-electron chi connectivity index (χ2n) is 8.95. The third-order valence-electron chi connectivity index (χ3n) is 6.34. The van der Waals surface area contributed by atoms with E-state index in [1.165, 1.54) is 0 Å². The van der Waals surface area contributed by atoms with E-state index in [4.69, 9.17) is 14.2 Å². The predicted octanol–water partition coefficient (Wildman–Crippen LogP) is 3.25. The number of rotatable bonds is 7. The standard InChI is InChI=1S/C26H28N6O4/c33-25(32-8-1-10-34-11-9-32)24-13-17-12-18(2-3-21(17)30-24)29-26-28-7-5-22(31-26)23-14-19(4-6-27-23)36-20-15-35-16-20/h2-7,12-14,20,25,30,33H,1,8-11,15-16H2,(H,28,29,31). The van der Waals surface area contributed by atoms with Gasteiger partial charge in [-0.05, 0) is 42.8 Å². The molecule has 2 aliphatic heterocycles. The van der Waals surface area contributed by atoms with Crippen LogP contribution in [0.25, 0.3) is 22.3 Å². The van der Waals surface area contributed by atoms with Gasteiger partial charge in [-0.2, -0.15) is 0 Å². The number of hydrogen-bond donors (Lipinski definition) is 3. The maximum Gasteiger partial charge on any atom is 0.227 e. The van der Waals surface area contributed by atoms with E-state index in [1.54, 1.807) is 12.4 Å². The molecule has 1 unspecified atom stereocenters. The molecule has 0 radical (unpaired) electrons. The molecule has 4 aromatic rings. The monoisotopic (exact) mass is 488 g/mol. The Kier molecular flexibility index (Phi) is 6.48. The van der Waals surface area contributed by atoms with Gasteiger partial charge in [0.15, 0.2) is 0 Å².